The van der Waals surface area contributed by atoms with Crippen LogP contribution in [-0.2, 0) is 24.1 Å². The topological polar surface area (TPSA) is 23.6 Å². The number of fused-ring (bicyclic) bond motifs is 4. The number of rotatable bonds is 4. The summed E-state index contributed by atoms with van der Waals surface area (Å²) in [6.07, 6.45) is -2.54. The van der Waals surface area contributed by atoms with E-state index in [-0.39, 0.29) is 17.9 Å². The van der Waals surface area contributed by atoms with Crippen molar-refractivity contribution in [2.24, 2.45) is 5.92 Å². The zero-order valence-electron chi connectivity index (χ0n) is 15.5. The normalized spacial score (nSPS) is 23.1. The average Bonchev–Trinajstić information content (AvgIpc) is 2.94. The first-order chi connectivity index (χ1) is 13.4. The van der Waals surface area contributed by atoms with Crippen molar-refractivity contribution in [3.05, 3.63) is 71.3 Å². The minimum atomic E-state index is -4.34. The number of carbonyl (C=O) groups is 1. The van der Waals surface area contributed by atoms with Gasteiger partial charge in [0.15, 0.2) is 0 Å². The Bertz CT molecular complexity index is 837. The van der Waals surface area contributed by atoms with Crippen LogP contribution in [0.5, 0.6) is 0 Å². The highest BCUT2D eigenvalue weighted by Gasteiger charge is 2.40. The van der Waals surface area contributed by atoms with Gasteiger partial charge in [0.1, 0.15) is 0 Å². The van der Waals surface area contributed by atoms with Crippen LogP contribution in [0.4, 0.5) is 13.2 Å². The van der Waals surface area contributed by atoms with Gasteiger partial charge in [0.2, 0.25) is 5.91 Å². The summed E-state index contributed by atoms with van der Waals surface area (Å²) in [4.78, 5) is 17.1. The van der Waals surface area contributed by atoms with Crippen molar-refractivity contribution in [3.63, 3.8) is 0 Å². The monoisotopic (exact) mass is 388 g/mol. The van der Waals surface area contributed by atoms with Gasteiger partial charge < -0.3 is 4.90 Å². The summed E-state index contributed by atoms with van der Waals surface area (Å²) in [6, 6.07) is 15.5. The SMILES string of the molecule is O=C1[C@H]2CC[C@H](CN(Cc3cccc(C(F)(F)F)c3)C2)N1Cc1ccccc1. The minimum absolute atomic E-state index is 0.0757. The largest absolute Gasteiger partial charge is 0.416 e. The summed E-state index contributed by atoms with van der Waals surface area (Å²) in [5, 5.41) is 0. The molecule has 2 bridgehead atoms. The van der Waals surface area contributed by atoms with Crippen molar-refractivity contribution in [3.8, 4) is 0 Å². The maximum absolute atomic E-state index is 13.0. The fourth-order valence-corrected chi connectivity index (χ4v) is 4.35. The number of hydrogen-bond donors (Lipinski definition) is 0. The van der Waals surface area contributed by atoms with Crippen LogP contribution >= 0.6 is 0 Å². The van der Waals surface area contributed by atoms with Crippen LogP contribution in [0.2, 0.25) is 0 Å². The molecule has 0 saturated carbocycles. The Morgan fingerprint density at radius 2 is 1.64 bits per heavy atom. The number of amides is 1. The van der Waals surface area contributed by atoms with E-state index in [2.05, 4.69) is 4.90 Å². The van der Waals surface area contributed by atoms with Crippen LogP contribution in [0.3, 0.4) is 0 Å². The molecule has 3 nitrogen and oxygen atoms in total. The maximum Gasteiger partial charge on any atom is 0.416 e. The van der Waals surface area contributed by atoms with Crippen LogP contribution in [0.25, 0.3) is 0 Å². The van der Waals surface area contributed by atoms with Gasteiger partial charge in [0, 0.05) is 32.2 Å². The molecule has 2 aromatic carbocycles. The van der Waals surface area contributed by atoms with Gasteiger partial charge in [-0.1, -0.05) is 48.5 Å². The number of hydrogen-bond acceptors (Lipinski definition) is 2. The molecule has 0 radical (unpaired) electrons. The van der Waals surface area contributed by atoms with Gasteiger partial charge in [-0.05, 0) is 30.0 Å². The summed E-state index contributed by atoms with van der Waals surface area (Å²) >= 11 is 0. The van der Waals surface area contributed by atoms with Gasteiger partial charge >= 0.3 is 6.18 Å². The Kier molecular flexibility index (Phi) is 5.15. The second kappa shape index (κ2) is 7.59. The lowest BCUT2D eigenvalue weighted by Crippen LogP contribution is -2.47. The van der Waals surface area contributed by atoms with Crippen LogP contribution in [0, 0.1) is 5.92 Å². The number of nitrogens with zero attached hydrogens (tertiary/aromatic N) is 2. The molecular formula is C22H23F3N2O. The number of piperidine rings is 1. The second-order valence-electron chi connectivity index (χ2n) is 7.77. The van der Waals surface area contributed by atoms with Crippen molar-refractivity contribution < 1.29 is 18.0 Å². The molecule has 2 atom stereocenters. The van der Waals surface area contributed by atoms with E-state index >= 15 is 0 Å². The third-order valence-electron chi connectivity index (χ3n) is 5.73. The van der Waals surface area contributed by atoms with Gasteiger partial charge in [0.25, 0.3) is 0 Å². The van der Waals surface area contributed by atoms with E-state index in [4.69, 9.17) is 0 Å². The Morgan fingerprint density at radius 1 is 0.893 bits per heavy atom. The van der Waals surface area contributed by atoms with Crippen molar-refractivity contribution in [2.45, 2.75) is 38.1 Å². The number of alkyl halides is 3. The third-order valence-corrected chi connectivity index (χ3v) is 5.73. The summed E-state index contributed by atoms with van der Waals surface area (Å²) in [6.45, 7) is 2.34. The molecule has 3 aliphatic heterocycles. The molecule has 28 heavy (non-hydrogen) atoms. The van der Waals surface area contributed by atoms with E-state index in [1.807, 2.05) is 35.2 Å². The molecule has 3 saturated heterocycles. The number of halogens is 3. The van der Waals surface area contributed by atoms with Gasteiger partial charge in [-0.2, -0.15) is 13.2 Å². The Balaban J connectivity index is 1.49. The summed E-state index contributed by atoms with van der Waals surface area (Å²) in [5.41, 5.74) is 1.12. The first-order valence-corrected chi connectivity index (χ1v) is 9.63. The first kappa shape index (κ1) is 19.0. The average molecular weight is 388 g/mol. The van der Waals surface area contributed by atoms with Gasteiger partial charge in [-0.25, -0.2) is 0 Å². The highest BCUT2D eigenvalue weighted by molar-refractivity contribution is 5.80. The first-order valence-electron chi connectivity index (χ1n) is 9.63. The predicted molar refractivity (Wildman–Crippen MR) is 100 cm³/mol. The smallest absolute Gasteiger partial charge is 0.334 e. The van der Waals surface area contributed by atoms with E-state index < -0.39 is 11.7 Å². The molecule has 3 aliphatic rings. The second-order valence-corrected chi connectivity index (χ2v) is 7.77. The lowest BCUT2D eigenvalue weighted by atomic mass is 9.93. The third kappa shape index (κ3) is 4.07. The van der Waals surface area contributed by atoms with Crippen molar-refractivity contribution in [1.82, 2.24) is 9.80 Å². The minimum Gasteiger partial charge on any atom is -0.334 e. The summed E-state index contributed by atoms with van der Waals surface area (Å²) in [5.74, 6) is 0.0971. The molecule has 3 heterocycles. The number of carbonyl (C=O) groups excluding carboxylic acids is 1. The predicted octanol–water partition coefficient (Wildman–Crippen LogP) is 4.33. The van der Waals surface area contributed by atoms with Crippen molar-refractivity contribution in [2.75, 3.05) is 13.1 Å². The van der Waals surface area contributed by atoms with E-state index in [0.29, 0.717) is 31.7 Å². The molecule has 0 spiro atoms. The van der Waals surface area contributed by atoms with Crippen LogP contribution in [0.15, 0.2) is 54.6 Å². The zero-order chi connectivity index (χ0) is 19.7. The van der Waals surface area contributed by atoms with Gasteiger partial charge in [-0.15, -0.1) is 0 Å². The molecule has 6 heteroatoms. The molecule has 0 aromatic heterocycles. The molecule has 0 N–H and O–H groups in total. The Labute approximate surface area is 162 Å². The standard InChI is InChI=1S/C22H23F3N2O/c23-22(24,25)19-8-4-7-17(11-19)12-26-14-18-9-10-20(15-26)27(21(18)28)13-16-5-2-1-3-6-16/h1-8,11,18,20H,9-10,12-15H2/t18-,20+/m0/s1. The van der Waals surface area contributed by atoms with Crippen LogP contribution in [0.1, 0.15) is 29.5 Å². The van der Waals surface area contributed by atoms with Crippen molar-refractivity contribution >= 4 is 5.91 Å². The quantitative estimate of drug-likeness (QED) is 0.779. The summed E-state index contributed by atoms with van der Waals surface area (Å²) < 4.78 is 39.0. The van der Waals surface area contributed by atoms with E-state index in [1.54, 1.807) is 6.07 Å². The van der Waals surface area contributed by atoms with Crippen LogP contribution < -0.4 is 0 Å². The lowest BCUT2D eigenvalue weighted by molar-refractivity contribution is -0.140. The molecule has 1 amide bonds. The molecule has 5 rings (SSSR count). The van der Waals surface area contributed by atoms with Gasteiger partial charge in [-0.3, -0.25) is 9.69 Å². The van der Waals surface area contributed by atoms with E-state index in [9.17, 15) is 18.0 Å². The Hall–Kier alpha value is -2.34. The van der Waals surface area contributed by atoms with Crippen molar-refractivity contribution in [1.29, 1.82) is 0 Å². The molecule has 2 aromatic rings. The molecular weight excluding hydrogens is 365 g/mol. The molecule has 148 valence electrons. The molecule has 3 fully saturated rings. The highest BCUT2D eigenvalue weighted by atomic mass is 19.4. The lowest BCUT2D eigenvalue weighted by Gasteiger charge is -2.36. The molecule has 0 aliphatic carbocycles. The van der Waals surface area contributed by atoms with Gasteiger partial charge in [0.05, 0.1) is 11.5 Å². The van der Waals surface area contributed by atoms with E-state index in [1.165, 1.54) is 12.1 Å². The molecule has 0 unspecified atom stereocenters. The fraction of sp³-hybridized carbons (Fsp3) is 0.409. The fourth-order valence-electron chi connectivity index (χ4n) is 4.35. The zero-order valence-corrected chi connectivity index (χ0v) is 15.5. The number of benzene rings is 2. The Morgan fingerprint density at radius 3 is 2.39 bits per heavy atom. The summed E-state index contributed by atoms with van der Waals surface area (Å²) in [7, 11) is 0. The van der Waals surface area contributed by atoms with Crippen LogP contribution in [-0.4, -0.2) is 34.8 Å². The maximum atomic E-state index is 13.0. The highest BCUT2D eigenvalue weighted by Crippen LogP contribution is 2.32. The van der Waals surface area contributed by atoms with E-state index in [0.717, 1.165) is 24.5 Å².